The van der Waals surface area contributed by atoms with E-state index in [2.05, 4.69) is 40.5 Å². The van der Waals surface area contributed by atoms with Crippen LogP contribution in [0, 0.1) is 5.82 Å². The zero-order valence-electron chi connectivity index (χ0n) is 20.8. The van der Waals surface area contributed by atoms with Gasteiger partial charge in [0.2, 0.25) is 11.5 Å². The summed E-state index contributed by atoms with van der Waals surface area (Å²) < 4.78 is 18.5. The first-order valence-electron chi connectivity index (χ1n) is 11.8. The van der Waals surface area contributed by atoms with Gasteiger partial charge in [-0.1, -0.05) is 5.16 Å². The Labute approximate surface area is 246 Å². The van der Waals surface area contributed by atoms with Crippen molar-refractivity contribution in [1.82, 2.24) is 44.8 Å². The SMILES string of the molecule is Nc1nc(/C(=N\Oc2ccc(F)cc2)C(=O)NC2C(=O)N3C(C(=O)O)=C(CSc4ccc5nnnn5n4)CSC23)ns1. The molecule has 2 amide bonds. The maximum atomic E-state index is 13.2. The number of nitrogens with zero attached hydrogens (tertiary/aromatic N) is 9. The van der Waals surface area contributed by atoms with Crippen LogP contribution in [0.3, 0.4) is 0 Å². The Balaban J connectivity index is 1.18. The highest BCUT2D eigenvalue weighted by atomic mass is 32.2. The molecule has 4 N–H and O–H groups in total. The summed E-state index contributed by atoms with van der Waals surface area (Å²) in [6.07, 6.45) is 0. The summed E-state index contributed by atoms with van der Waals surface area (Å²) in [4.78, 5) is 49.0. The summed E-state index contributed by atoms with van der Waals surface area (Å²) in [6, 6.07) is 7.24. The molecule has 0 spiro atoms. The number of hydrogen-bond donors (Lipinski definition) is 3. The number of anilines is 1. The van der Waals surface area contributed by atoms with Crippen LogP contribution >= 0.6 is 35.1 Å². The topological polar surface area (TPSA) is 216 Å². The molecule has 2 unspecified atom stereocenters. The van der Waals surface area contributed by atoms with Gasteiger partial charge in [0, 0.05) is 23.0 Å². The molecule has 4 aromatic rings. The molecule has 6 rings (SSSR count). The van der Waals surface area contributed by atoms with Crippen molar-refractivity contribution in [2.75, 3.05) is 17.2 Å². The van der Waals surface area contributed by atoms with Crippen molar-refractivity contribution >= 4 is 69.3 Å². The normalized spacial score (nSPS) is 18.5. The van der Waals surface area contributed by atoms with Gasteiger partial charge in [-0.2, -0.15) is 9.36 Å². The Hall–Kier alpha value is -4.69. The first kappa shape index (κ1) is 27.5. The van der Waals surface area contributed by atoms with Crippen molar-refractivity contribution in [3.05, 3.63) is 59.3 Å². The van der Waals surface area contributed by atoms with E-state index in [-0.39, 0.29) is 33.9 Å². The summed E-state index contributed by atoms with van der Waals surface area (Å²) >= 11 is 3.39. The van der Waals surface area contributed by atoms with E-state index < -0.39 is 35.0 Å². The fourth-order valence-electron chi connectivity index (χ4n) is 3.98. The summed E-state index contributed by atoms with van der Waals surface area (Å²) in [5.74, 6) is -2.69. The molecule has 3 aromatic heterocycles. The van der Waals surface area contributed by atoms with Gasteiger partial charge in [0.05, 0.1) is 0 Å². The average Bonchev–Trinajstić information content (AvgIpc) is 3.63. The summed E-state index contributed by atoms with van der Waals surface area (Å²) in [7, 11) is 0. The second-order valence-corrected chi connectivity index (χ2v) is 11.4. The Bertz CT molecular complexity index is 1780. The molecule has 2 aliphatic heterocycles. The van der Waals surface area contributed by atoms with E-state index in [1.807, 2.05) is 0 Å². The molecule has 42 heavy (non-hydrogen) atoms. The van der Waals surface area contributed by atoms with Crippen LogP contribution in [0.4, 0.5) is 9.52 Å². The molecule has 0 saturated carbocycles. The third kappa shape index (κ3) is 5.33. The maximum absolute atomic E-state index is 13.2. The van der Waals surface area contributed by atoms with Gasteiger partial charge >= 0.3 is 5.97 Å². The summed E-state index contributed by atoms with van der Waals surface area (Å²) in [5.41, 5.74) is 6.12. The number of hydrogen-bond acceptors (Lipinski definition) is 15. The highest BCUT2D eigenvalue weighted by molar-refractivity contribution is 8.01. The largest absolute Gasteiger partial charge is 0.477 e. The van der Waals surface area contributed by atoms with Crippen LogP contribution in [0.2, 0.25) is 0 Å². The molecule has 2 atom stereocenters. The molecule has 1 saturated heterocycles. The third-order valence-corrected chi connectivity index (χ3v) is 8.79. The number of aromatic nitrogens is 7. The van der Waals surface area contributed by atoms with Gasteiger partial charge in [0.25, 0.3) is 11.8 Å². The van der Waals surface area contributed by atoms with Crippen LogP contribution in [-0.4, -0.2) is 91.0 Å². The molecule has 0 aliphatic carbocycles. The van der Waals surface area contributed by atoms with E-state index in [9.17, 15) is 23.9 Å². The number of oxime groups is 1. The van der Waals surface area contributed by atoms with Gasteiger partial charge < -0.3 is 21.0 Å². The molecule has 1 fully saturated rings. The van der Waals surface area contributed by atoms with Crippen LogP contribution in [-0.2, 0) is 14.4 Å². The number of carboxylic acids is 1. The van der Waals surface area contributed by atoms with Crippen molar-refractivity contribution in [2.24, 2.45) is 5.16 Å². The molecule has 20 heteroatoms. The minimum Gasteiger partial charge on any atom is -0.477 e. The smallest absolute Gasteiger partial charge is 0.352 e. The maximum Gasteiger partial charge on any atom is 0.352 e. The highest BCUT2D eigenvalue weighted by Crippen LogP contribution is 2.41. The van der Waals surface area contributed by atoms with Gasteiger partial charge in [0.15, 0.2) is 16.5 Å². The molecule has 0 radical (unpaired) electrons. The molecule has 1 aromatic carbocycles. The average molecular weight is 630 g/mol. The van der Waals surface area contributed by atoms with E-state index in [0.29, 0.717) is 22.0 Å². The first-order chi connectivity index (χ1) is 20.3. The Kier molecular flexibility index (Phi) is 7.39. The van der Waals surface area contributed by atoms with E-state index >= 15 is 0 Å². The Morgan fingerprint density at radius 2 is 2.07 bits per heavy atom. The first-order valence-corrected chi connectivity index (χ1v) is 14.6. The van der Waals surface area contributed by atoms with Crippen molar-refractivity contribution in [1.29, 1.82) is 0 Å². The van der Waals surface area contributed by atoms with Gasteiger partial charge in [0.1, 0.15) is 28.0 Å². The number of nitrogens with two attached hydrogens (primary N) is 1. The molecular formula is C22H16FN11O5S3. The number of carbonyl (C=O) groups is 3. The van der Waals surface area contributed by atoms with Gasteiger partial charge in [-0.25, -0.2) is 9.18 Å². The number of β-lactam (4-membered cyclic amide) rings is 1. The number of rotatable bonds is 9. The minimum atomic E-state index is -1.27. The van der Waals surface area contributed by atoms with Crippen LogP contribution in [0.15, 0.2) is 57.9 Å². The number of halogens is 1. The van der Waals surface area contributed by atoms with E-state index in [1.54, 1.807) is 12.1 Å². The molecule has 2 aliphatic rings. The summed E-state index contributed by atoms with van der Waals surface area (Å²) in [6.45, 7) is 0. The number of tetrazole rings is 1. The number of fused-ring (bicyclic) bond motifs is 2. The minimum absolute atomic E-state index is 0.0655. The highest BCUT2D eigenvalue weighted by Gasteiger charge is 2.54. The lowest BCUT2D eigenvalue weighted by Crippen LogP contribution is -2.71. The molecule has 5 heterocycles. The second-order valence-electron chi connectivity index (χ2n) is 8.55. The monoisotopic (exact) mass is 629 g/mol. The molecule has 0 bridgehead atoms. The molecule has 214 valence electrons. The number of nitrogens with one attached hydrogen (secondary N) is 1. The number of carboxylic acid groups (broad SMARTS) is 1. The van der Waals surface area contributed by atoms with Gasteiger partial charge in [-0.3, -0.25) is 14.5 Å². The van der Waals surface area contributed by atoms with Crippen LogP contribution in [0.1, 0.15) is 5.82 Å². The predicted octanol–water partition coefficient (Wildman–Crippen LogP) is 0.406. The number of benzene rings is 1. The van der Waals surface area contributed by atoms with E-state index in [4.69, 9.17) is 10.6 Å². The third-order valence-electron chi connectivity index (χ3n) is 5.90. The van der Waals surface area contributed by atoms with Crippen molar-refractivity contribution < 1.29 is 28.7 Å². The summed E-state index contributed by atoms with van der Waals surface area (Å²) in [5, 5.41) is 31.6. The number of aliphatic carboxylic acids is 1. The molecule has 16 nitrogen and oxygen atoms in total. The zero-order chi connectivity index (χ0) is 29.4. The lowest BCUT2D eigenvalue weighted by atomic mass is 10.0. The zero-order valence-corrected chi connectivity index (χ0v) is 23.3. The van der Waals surface area contributed by atoms with E-state index in [0.717, 1.165) is 28.6 Å². The van der Waals surface area contributed by atoms with Crippen molar-refractivity contribution in [3.63, 3.8) is 0 Å². The van der Waals surface area contributed by atoms with Crippen molar-refractivity contribution in [3.8, 4) is 5.75 Å². The quantitative estimate of drug-likeness (QED) is 0.0989. The Morgan fingerprint density at radius 3 is 2.81 bits per heavy atom. The standard InChI is InChI=1S/C22H16FN11O5S3/c23-10-1-3-11(4-2-10)39-29-14(17-26-22(24)42-30-17)18(35)25-15-19(36)33-16(21(37)38)9(8-41-20(15)33)7-40-13-6-5-12-27-31-32-34(12)28-13/h1-6,15,20H,7-8H2,(H,25,35)(H,37,38)(H2,24,26,30)/b29-14+. The number of nitrogen functional groups attached to an aromatic ring is 1. The number of amides is 2. The van der Waals surface area contributed by atoms with Crippen molar-refractivity contribution in [2.45, 2.75) is 16.4 Å². The Morgan fingerprint density at radius 1 is 1.26 bits per heavy atom. The van der Waals surface area contributed by atoms with Crippen LogP contribution < -0.4 is 15.9 Å². The van der Waals surface area contributed by atoms with E-state index in [1.165, 1.54) is 40.3 Å². The van der Waals surface area contributed by atoms with Crippen LogP contribution in [0.5, 0.6) is 5.75 Å². The fraction of sp³-hybridized carbons (Fsp3) is 0.182. The van der Waals surface area contributed by atoms with Gasteiger partial charge in [-0.15, -0.1) is 38.4 Å². The molecular weight excluding hydrogens is 614 g/mol. The van der Waals surface area contributed by atoms with Gasteiger partial charge in [-0.05, 0) is 52.4 Å². The fourth-order valence-corrected chi connectivity index (χ4v) is 6.75. The predicted molar refractivity (Wildman–Crippen MR) is 147 cm³/mol. The van der Waals surface area contributed by atoms with Crippen LogP contribution in [0.25, 0.3) is 5.65 Å². The lowest BCUT2D eigenvalue weighted by molar-refractivity contribution is -0.150. The number of thioether (sulfide) groups is 2. The second kappa shape index (κ2) is 11.3. The number of carbonyl (C=O) groups excluding carboxylic acids is 2. The lowest BCUT2D eigenvalue weighted by Gasteiger charge is -2.49.